The smallest absolute Gasteiger partial charge is 0.202 e. The highest BCUT2D eigenvalue weighted by Gasteiger charge is 2.08. The van der Waals surface area contributed by atoms with Crippen molar-refractivity contribution in [2.45, 2.75) is 33.6 Å². The van der Waals surface area contributed by atoms with Crippen molar-refractivity contribution in [1.29, 1.82) is 0 Å². The van der Waals surface area contributed by atoms with Crippen LogP contribution in [0.15, 0.2) is 18.2 Å². The fourth-order valence-corrected chi connectivity index (χ4v) is 2.80. The maximum atomic E-state index is 11.1. The molecule has 0 aliphatic carbocycles. The van der Waals surface area contributed by atoms with E-state index in [0.717, 1.165) is 35.2 Å². The van der Waals surface area contributed by atoms with Crippen molar-refractivity contribution in [3.05, 3.63) is 29.6 Å². The molecule has 1 aromatic heterocycles. The van der Waals surface area contributed by atoms with Gasteiger partial charge >= 0.3 is 0 Å². The highest BCUT2D eigenvalue weighted by molar-refractivity contribution is 7.09. The molecule has 0 spiro atoms. The van der Waals surface area contributed by atoms with Gasteiger partial charge in [-0.15, -0.1) is 0 Å². The molecule has 2 rings (SSSR count). The second-order valence-electron chi connectivity index (χ2n) is 5.22. The monoisotopic (exact) mass is 349 g/mol. The van der Waals surface area contributed by atoms with Crippen LogP contribution in [0.25, 0.3) is 0 Å². The first-order chi connectivity index (χ1) is 11.6. The standard InChI is InChI=1S/C17H23N3O3S/c1-4-22-14-7-6-13(11-15(14)23-5-2)8-9-18-17-19-16(20-24-17)10-12(3)21/h6-7,11H,4-5,8-10H2,1-3H3,(H,18,19,20). The van der Waals surface area contributed by atoms with Crippen LogP contribution in [0.3, 0.4) is 0 Å². The minimum absolute atomic E-state index is 0.0668. The number of benzene rings is 1. The average molecular weight is 349 g/mol. The second kappa shape index (κ2) is 9.22. The Morgan fingerprint density at radius 2 is 1.96 bits per heavy atom. The van der Waals surface area contributed by atoms with Crippen LogP contribution in [0.4, 0.5) is 5.13 Å². The third-order valence-electron chi connectivity index (χ3n) is 3.17. The predicted molar refractivity (Wildman–Crippen MR) is 95.3 cm³/mol. The number of rotatable bonds is 10. The summed E-state index contributed by atoms with van der Waals surface area (Å²) in [4.78, 5) is 15.4. The molecular weight excluding hydrogens is 326 g/mol. The lowest BCUT2D eigenvalue weighted by molar-refractivity contribution is -0.116. The van der Waals surface area contributed by atoms with E-state index in [-0.39, 0.29) is 12.2 Å². The molecule has 0 unspecified atom stereocenters. The van der Waals surface area contributed by atoms with Gasteiger partial charge in [0.05, 0.1) is 19.6 Å². The van der Waals surface area contributed by atoms with Crippen molar-refractivity contribution in [2.75, 3.05) is 25.1 Å². The van der Waals surface area contributed by atoms with Gasteiger partial charge in [-0.25, -0.2) is 4.98 Å². The van der Waals surface area contributed by atoms with E-state index in [0.29, 0.717) is 19.0 Å². The van der Waals surface area contributed by atoms with Crippen LogP contribution in [0.1, 0.15) is 32.2 Å². The number of hydrogen-bond acceptors (Lipinski definition) is 7. The SMILES string of the molecule is CCOc1ccc(CCNc2nc(CC(C)=O)ns2)cc1OCC. The third-order valence-corrected chi connectivity index (χ3v) is 3.88. The van der Waals surface area contributed by atoms with E-state index in [1.807, 2.05) is 32.0 Å². The van der Waals surface area contributed by atoms with Gasteiger partial charge in [0.2, 0.25) is 5.13 Å². The molecule has 0 amide bonds. The summed E-state index contributed by atoms with van der Waals surface area (Å²) in [5.41, 5.74) is 1.16. The van der Waals surface area contributed by atoms with Crippen molar-refractivity contribution in [3.63, 3.8) is 0 Å². The third kappa shape index (κ3) is 5.49. The van der Waals surface area contributed by atoms with Crippen LogP contribution >= 0.6 is 11.5 Å². The van der Waals surface area contributed by atoms with E-state index in [1.54, 1.807) is 0 Å². The molecule has 1 aromatic carbocycles. The number of nitrogens with zero attached hydrogens (tertiary/aromatic N) is 2. The zero-order valence-electron chi connectivity index (χ0n) is 14.3. The molecule has 0 radical (unpaired) electrons. The lowest BCUT2D eigenvalue weighted by Gasteiger charge is -2.12. The lowest BCUT2D eigenvalue weighted by atomic mass is 10.1. The molecule has 1 heterocycles. The molecule has 0 aliphatic rings. The van der Waals surface area contributed by atoms with Gasteiger partial charge in [0, 0.05) is 18.1 Å². The number of aromatic nitrogens is 2. The summed E-state index contributed by atoms with van der Waals surface area (Å²) < 4.78 is 15.4. The average Bonchev–Trinajstić information content (AvgIpc) is 2.97. The number of Topliss-reactive ketones (excluding diaryl/α,β-unsaturated/α-hetero) is 1. The molecule has 0 saturated carbocycles. The van der Waals surface area contributed by atoms with Crippen LogP contribution in [-0.2, 0) is 17.6 Å². The van der Waals surface area contributed by atoms with Crippen molar-refractivity contribution < 1.29 is 14.3 Å². The fraction of sp³-hybridized carbons (Fsp3) is 0.471. The van der Waals surface area contributed by atoms with Gasteiger partial charge in [-0.3, -0.25) is 4.79 Å². The maximum Gasteiger partial charge on any atom is 0.202 e. The molecular formula is C17H23N3O3S. The largest absolute Gasteiger partial charge is 0.490 e. The fourth-order valence-electron chi connectivity index (χ4n) is 2.19. The van der Waals surface area contributed by atoms with Gasteiger partial charge in [0.1, 0.15) is 5.78 Å². The molecule has 1 N–H and O–H groups in total. The summed E-state index contributed by atoms with van der Waals surface area (Å²) in [5, 5.41) is 3.98. The first-order valence-electron chi connectivity index (χ1n) is 8.06. The Balaban J connectivity index is 1.90. The minimum Gasteiger partial charge on any atom is -0.490 e. The van der Waals surface area contributed by atoms with Gasteiger partial charge in [0.25, 0.3) is 0 Å². The highest BCUT2D eigenvalue weighted by atomic mass is 32.1. The van der Waals surface area contributed by atoms with E-state index < -0.39 is 0 Å². The van der Waals surface area contributed by atoms with E-state index in [1.165, 1.54) is 18.5 Å². The minimum atomic E-state index is 0.0668. The van der Waals surface area contributed by atoms with E-state index in [4.69, 9.17) is 9.47 Å². The summed E-state index contributed by atoms with van der Waals surface area (Å²) in [7, 11) is 0. The number of ether oxygens (including phenoxy) is 2. The molecule has 0 saturated heterocycles. The molecule has 2 aromatic rings. The number of hydrogen-bond donors (Lipinski definition) is 1. The van der Waals surface area contributed by atoms with Gasteiger partial charge in [0.15, 0.2) is 17.3 Å². The molecule has 7 heteroatoms. The zero-order chi connectivity index (χ0) is 17.4. The molecule has 6 nitrogen and oxygen atoms in total. The molecule has 0 bridgehead atoms. The molecule has 0 fully saturated rings. The van der Waals surface area contributed by atoms with Gasteiger partial charge in [-0.2, -0.15) is 4.37 Å². The predicted octanol–water partition coefficient (Wildman–Crippen LogP) is 3.12. The summed E-state index contributed by atoms with van der Waals surface area (Å²) in [6, 6.07) is 5.99. The highest BCUT2D eigenvalue weighted by Crippen LogP contribution is 2.28. The van der Waals surface area contributed by atoms with Crippen LogP contribution in [0.5, 0.6) is 11.5 Å². The van der Waals surface area contributed by atoms with Crippen molar-refractivity contribution in [1.82, 2.24) is 9.36 Å². The van der Waals surface area contributed by atoms with Crippen LogP contribution in [0, 0.1) is 0 Å². The first-order valence-corrected chi connectivity index (χ1v) is 8.84. The zero-order valence-corrected chi connectivity index (χ0v) is 15.1. The normalized spacial score (nSPS) is 10.5. The lowest BCUT2D eigenvalue weighted by Crippen LogP contribution is -2.06. The van der Waals surface area contributed by atoms with Crippen LogP contribution in [-0.4, -0.2) is 34.9 Å². The summed E-state index contributed by atoms with van der Waals surface area (Å²) in [6.07, 6.45) is 1.11. The topological polar surface area (TPSA) is 73.3 Å². The van der Waals surface area contributed by atoms with Gasteiger partial charge < -0.3 is 14.8 Å². The van der Waals surface area contributed by atoms with E-state index in [2.05, 4.69) is 14.7 Å². The Bertz CT molecular complexity index is 673. The Kier molecular flexibility index (Phi) is 6.99. The van der Waals surface area contributed by atoms with Crippen molar-refractivity contribution >= 4 is 22.4 Å². The van der Waals surface area contributed by atoms with Crippen molar-refractivity contribution in [3.8, 4) is 11.5 Å². The van der Waals surface area contributed by atoms with Gasteiger partial charge in [-0.1, -0.05) is 6.07 Å². The Morgan fingerprint density at radius 3 is 2.67 bits per heavy atom. The number of anilines is 1. The molecule has 0 atom stereocenters. The second-order valence-corrected chi connectivity index (χ2v) is 5.97. The quantitative estimate of drug-likeness (QED) is 0.710. The summed E-state index contributed by atoms with van der Waals surface area (Å²) in [5.74, 6) is 2.19. The Morgan fingerprint density at radius 1 is 1.21 bits per heavy atom. The number of carbonyl (C=O) groups excluding carboxylic acids is 1. The van der Waals surface area contributed by atoms with E-state index in [9.17, 15) is 4.79 Å². The first kappa shape index (κ1) is 18.2. The molecule has 0 aliphatic heterocycles. The van der Waals surface area contributed by atoms with Crippen molar-refractivity contribution in [2.24, 2.45) is 0 Å². The van der Waals surface area contributed by atoms with E-state index >= 15 is 0 Å². The van der Waals surface area contributed by atoms with Gasteiger partial charge in [-0.05, 0) is 44.9 Å². The molecule has 130 valence electrons. The Hall–Kier alpha value is -2.15. The summed E-state index contributed by atoms with van der Waals surface area (Å²) >= 11 is 1.28. The number of carbonyl (C=O) groups is 1. The number of ketones is 1. The van der Waals surface area contributed by atoms with Crippen LogP contribution < -0.4 is 14.8 Å². The molecule has 24 heavy (non-hydrogen) atoms. The Labute approximate surface area is 146 Å². The maximum absolute atomic E-state index is 11.1. The summed E-state index contributed by atoms with van der Waals surface area (Å²) in [6.45, 7) is 7.39. The van der Waals surface area contributed by atoms with Crippen LogP contribution in [0.2, 0.25) is 0 Å². The number of nitrogens with one attached hydrogen (secondary N) is 1.